The molecule has 2 amide bonds. The van der Waals surface area contributed by atoms with Gasteiger partial charge in [0.2, 0.25) is 11.8 Å². The molecule has 3 rings (SSSR count). The lowest BCUT2D eigenvalue weighted by Crippen LogP contribution is -2.52. The second kappa shape index (κ2) is 14.9. The van der Waals surface area contributed by atoms with Crippen molar-refractivity contribution in [3.8, 4) is 0 Å². The summed E-state index contributed by atoms with van der Waals surface area (Å²) in [5.41, 5.74) is 3.39. The molecule has 0 spiro atoms. The summed E-state index contributed by atoms with van der Waals surface area (Å²) in [6.45, 7) is 9.29. The molecule has 0 saturated carbocycles. The van der Waals surface area contributed by atoms with Crippen molar-refractivity contribution in [3.05, 3.63) is 93.0 Å². The molecule has 1 N–H and O–H groups in total. The van der Waals surface area contributed by atoms with E-state index in [1.807, 2.05) is 40.7 Å². The van der Waals surface area contributed by atoms with E-state index in [1.54, 1.807) is 42.5 Å². The van der Waals surface area contributed by atoms with E-state index >= 15 is 0 Å². The number of sulfonamides is 1. The van der Waals surface area contributed by atoms with Gasteiger partial charge in [-0.25, -0.2) is 8.42 Å². The molecule has 7 nitrogen and oxygen atoms in total. The van der Waals surface area contributed by atoms with Gasteiger partial charge in [0.15, 0.2) is 0 Å². The van der Waals surface area contributed by atoms with Crippen molar-refractivity contribution in [2.24, 2.45) is 0 Å². The van der Waals surface area contributed by atoms with E-state index in [1.165, 1.54) is 17.0 Å². The van der Waals surface area contributed by atoms with E-state index in [2.05, 4.69) is 5.32 Å². The SMILES string of the molecule is CCCCNC(=O)C(CC)N(Cc1c(Cl)cccc1Cl)C(=O)CN(c1cccc(C)c1C)S(=O)(=O)c1ccc(C)cc1. The Morgan fingerprint density at radius 3 is 2.12 bits per heavy atom. The highest BCUT2D eigenvalue weighted by Crippen LogP contribution is 2.31. The number of hydrogen-bond acceptors (Lipinski definition) is 4. The Hall–Kier alpha value is -3.07. The van der Waals surface area contributed by atoms with Gasteiger partial charge in [-0.15, -0.1) is 0 Å². The van der Waals surface area contributed by atoms with Gasteiger partial charge >= 0.3 is 0 Å². The van der Waals surface area contributed by atoms with Crippen LogP contribution in [0, 0.1) is 20.8 Å². The van der Waals surface area contributed by atoms with Crippen molar-refractivity contribution < 1.29 is 18.0 Å². The van der Waals surface area contributed by atoms with Crippen LogP contribution in [0.4, 0.5) is 5.69 Å². The number of halogens is 2. The number of nitrogens with zero attached hydrogens (tertiary/aromatic N) is 2. The summed E-state index contributed by atoms with van der Waals surface area (Å²) in [6, 6.07) is 16.0. The van der Waals surface area contributed by atoms with Crippen LogP contribution < -0.4 is 9.62 Å². The number of carbonyl (C=O) groups excluding carboxylic acids is 2. The average Bonchev–Trinajstić information content (AvgIpc) is 2.95. The molecule has 0 aliphatic heterocycles. The summed E-state index contributed by atoms with van der Waals surface area (Å²) in [6.07, 6.45) is 2.00. The first-order chi connectivity index (χ1) is 19.9. The second-order valence-corrected chi connectivity index (χ2v) is 13.0. The lowest BCUT2D eigenvalue weighted by atomic mass is 10.1. The van der Waals surface area contributed by atoms with E-state index in [0.717, 1.165) is 33.8 Å². The minimum atomic E-state index is -4.16. The van der Waals surface area contributed by atoms with Gasteiger partial charge in [-0.3, -0.25) is 13.9 Å². The van der Waals surface area contributed by atoms with Gasteiger partial charge in [0.25, 0.3) is 10.0 Å². The molecule has 0 aromatic heterocycles. The molecule has 3 aromatic rings. The lowest BCUT2D eigenvalue weighted by Gasteiger charge is -2.34. The van der Waals surface area contributed by atoms with Crippen LogP contribution >= 0.6 is 23.2 Å². The molecule has 0 saturated heterocycles. The average molecular weight is 633 g/mol. The number of benzene rings is 3. The highest BCUT2D eigenvalue weighted by molar-refractivity contribution is 7.92. The molecular weight excluding hydrogens is 593 g/mol. The fourth-order valence-electron chi connectivity index (χ4n) is 4.64. The highest BCUT2D eigenvalue weighted by atomic mass is 35.5. The first-order valence-corrected chi connectivity index (χ1v) is 16.3. The Morgan fingerprint density at radius 2 is 1.52 bits per heavy atom. The Morgan fingerprint density at radius 1 is 0.905 bits per heavy atom. The summed E-state index contributed by atoms with van der Waals surface area (Å²) < 4.78 is 29.4. The zero-order valence-electron chi connectivity index (χ0n) is 24.8. The van der Waals surface area contributed by atoms with E-state index in [0.29, 0.717) is 34.3 Å². The van der Waals surface area contributed by atoms with Crippen LogP contribution in [0.1, 0.15) is 55.4 Å². The van der Waals surface area contributed by atoms with Crippen LogP contribution in [-0.2, 0) is 26.2 Å². The first kappa shape index (κ1) is 33.4. The number of amides is 2. The molecule has 0 bridgehead atoms. The fourth-order valence-corrected chi connectivity index (χ4v) is 6.62. The summed E-state index contributed by atoms with van der Waals surface area (Å²) in [4.78, 5) is 29.1. The topological polar surface area (TPSA) is 86.8 Å². The predicted molar refractivity (Wildman–Crippen MR) is 171 cm³/mol. The van der Waals surface area contributed by atoms with Gasteiger partial charge in [0, 0.05) is 28.7 Å². The van der Waals surface area contributed by atoms with Crippen molar-refractivity contribution in [1.82, 2.24) is 10.2 Å². The third-order valence-corrected chi connectivity index (χ3v) is 9.82. The Bertz CT molecular complexity index is 1490. The van der Waals surface area contributed by atoms with Crippen molar-refractivity contribution >= 4 is 50.7 Å². The third-order valence-electron chi connectivity index (χ3n) is 7.34. The molecule has 0 radical (unpaired) electrons. The zero-order chi connectivity index (χ0) is 31.0. The summed E-state index contributed by atoms with van der Waals surface area (Å²) in [5.74, 6) is -0.873. The van der Waals surface area contributed by atoms with Gasteiger partial charge in [-0.1, -0.05) is 79.4 Å². The molecule has 42 heavy (non-hydrogen) atoms. The van der Waals surface area contributed by atoms with Gasteiger partial charge < -0.3 is 10.2 Å². The molecule has 1 unspecified atom stereocenters. The van der Waals surface area contributed by atoms with Crippen molar-refractivity contribution in [3.63, 3.8) is 0 Å². The van der Waals surface area contributed by atoms with E-state index in [-0.39, 0.29) is 17.3 Å². The minimum absolute atomic E-state index is 0.0619. The molecule has 0 heterocycles. The Labute approximate surface area is 259 Å². The quantitative estimate of drug-likeness (QED) is 0.209. The van der Waals surface area contributed by atoms with Crippen LogP contribution in [0.2, 0.25) is 10.0 Å². The standard InChI is InChI=1S/C32H39Cl2N3O4S/c1-6-8-19-35-32(39)29(7-2)36(20-26-27(33)12-10-13-28(26)34)31(38)21-37(30-14-9-11-23(4)24(30)5)42(40,41)25-17-15-22(3)16-18-25/h9-18,29H,6-8,19-21H2,1-5H3,(H,35,39). The predicted octanol–water partition coefficient (Wildman–Crippen LogP) is 6.84. The fraction of sp³-hybridized carbons (Fsp3) is 0.375. The van der Waals surface area contributed by atoms with Crippen molar-refractivity contribution in [2.45, 2.75) is 71.4 Å². The maximum Gasteiger partial charge on any atom is 0.264 e. The summed E-state index contributed by atoms with van der Waals surface area (Å²) in [7, 11) is -4.16. The van der Waals surface area contributed by atoms with E-state index in [9.17, 15) is 18.0 Å². The molecular formula is C32H39Cl2N3O4S. The normalized spacial score (nSPS) is 12.1. The van der Waals surface area contributed by atoms with E-state index in [4.69, 9.17) is 23.2 Å². The van der Waals surface area contributed by atoms with Crippen molar-refractivity contribution in [2.75, 3.05) is 17.4 Å². The molecule has 0 aliphatic rings. The number of anilines is 1. The largest absolute Gasteiger partial charge is 0.354 e. The minimum Gasteiger partial charge on any atom is -0.354 e. The monoisotopic (exact) mass is 631 g/mol. The summed E-state index contributed by atoms with van der Waals surface area (Å²) >= 11 is 13.0. The van der Waals surface area contributed by atoms with Gasteiger partial charge in [-0.05, 0) is 75.1 Å². The summed E-state index contributed by atoms with van der Waals surface area (Å²) in [5, 5.41) is 3.61. The van der Waals surface area contributed by atoms with Crippen LogP contribution in [0.25, 0.3) is 0 Å². The maximum atomic E-state index is 14.3. The Kier molecular flexibility index (Phi) is 11.9. The molecule has 0 aliphatic carbocycles. The zero-order valence-corrected chi connectivity index (χ0v) is 27.1. The molecule has 0 fully saturated rings. The molecule has 226 valence electrons. The van der Waals surface area contributed by atoms with Crippen LogP contribution in [0.3, 0.4) is 0 Å². The first-order valence-electron chi connectivity index (χ1n) is 14.1. The Balaban J connectivity index is 2.12. The highest BCUT2D eigenvalue weighted by Gasteiger charge is 2.34. The molecule has 3 aromatic carbocycles. The van der Waals surface area contributed by atoms with Gasteiger partial charge in [0.1, 0.15) is 12.6 Å². The van der Waals surface area contributed by atoms with Crippen LogP contribution in [0.15, 0.2) is 65.6 Å². The van der Waals surface area contributed by atoms with Gasteiger partial charge in [-0.2, -0.15) is 0 Å². The van der Waals surface area contributed by atoms with Crippen LogP contribution in [0.5, 0.6) is 0 Å². The van der Waals surface area contributed by atoms with Crippen molar-refractivity contribution in [1.29, 1.82) is 0 Å². The second-order valence-electron chi connectivity index (χ2n) is 10.3. The number of aryl methyl sites for hydroxylation is 2. The number of rotatable bonds is 13. The van der Waals surface area contributed by atoms with Gasteiger partial charge in [0.05, 0.1) is 10.6 Å². The molecule has 1 atom stereocenters. The molecule has 10 heteroatoms. The van der Waals surface area contributed by atoms with E-state index < -0.39 is 28.5 Å². The maximum absolute atomic E-state index is 14.3. The number of nitrogens with one attached hydrogen (secondary N) is 1. The third kappa shape index (κ3) is 7.85. The smallest absolute Gasteiger partial charge is 0.264 e. The van der Waals surface area contributed by atoms with Crippen LogP contribution in [-0.4, -0.2) is 44.3 Å². The number of hydrogen-bond donors (Lipinski definition) is 1. The lowest BCUT2D eigenvalue weighted by molar-refractivity contribution is -0.140. The number of carbonyl (C=O) groups is 2. The number of unbranched alkanes of at least 4 members (excludes halogenated alkanes) is 1.